The molecular weight excluding hydrogens is 350 g/mol. The first kappa shape index (κ1) is 17.2. The van der Waals surface area contributed by atoms with Gasteiger partial charge in [0.2, 0.25) is 0 Å². The molecule has 26 heavy (non-hydrogen) atoms. The predicted molar refractivity (Wildman–Crippen MR) is 101 cm³/mol. The number of aromatic amines is 1. The van der Waals surface area contributed by atoms with Gasteiger partial charge in [-0.05, 0) is 38.8 Å². The zero-order valence-electron chi connectivity index (χ0n) is 15.5. The number of pyridine rings is 1. The molecule has 0 aliphatic carbocycles. The van der Waals surface area contributed by atoms with Gasteiger partial charge in [-0.25, -0.2) is 23.1 Å². The highest BCUT2D eigenvalue weighted by Crippen LogP contribution is 2.31. The van der Waals surface area contributed by atoms with Crippen molar-refractivity contribution >= 4 is 20.9 Å². The molecule has 0 radical (unpaired) electrons. The first-order valence-corrected chi connectivity index (χ1v) is 10.7. The quantitative estimate of drug-likeness (QED) is 0.762. The van der Waals surface area contributed by atoms with Gasteiger partial charge in [0.25, 0.3) is 0 Å². The fourth-order valence-electron chi connectivity index (χ4n) is 3.81. The molecule has 0 spiro atoms. The standard InChI is InChI=1S/C18H23N5O2S/c1-5-15-19-12(4)17(21-15)14-8-10(2)16-11(3)22-23(18(16)20-14)13-6-7-26(24,25)9-13/h8,13H,5-7,9H2,1-4H3,(H,19,21). The van der Waals surface area contributed by atoms with Crippen LogP contribution in [0.3, 0.4) is 0 Å². The predicted octanol–water partition coefficient (Wildman–Crippen LogP) is 2.67. The molecule has 3 aromatic heterocycles. The van der Waals surface area contributed by atoms with E-state index in [9.17, 15) is 8.42 Å². The van der Waals surface area contributed by atoms with E-state index in [0.717, 1.165) is 51.6 Å². The van der Waals surface area contributed by atoms with Gasteiger partial charge in [0.05, 0.1) is 28.9 Å². The summed E-state index contributed by atoms with van der Waals surface area (Å²) in [7, 11) is -2.99. The number of fused-ring (bicyclic) bond motifs is 1. The summed E-state index contributed by atoms with van der Waals surface area (Å²) in [5.41, 5.74) is 5.34. The van der Waals surface area contributed by atoms with Gasteiger partial charge in [-0.3, -0.25) is 0 Å². The summed E-state index contributed by atoms with van der Waals surface area (Å²) in [6.45, 7) is 8.05. The van der Waals surface area contributed by atoms with Crippen molar-refractivity contribution in [2.45, 2.75) is 46.6 Å². The molecule has 4 rings (SSSR count). The van der Waals surface area contributed by atoms with Crippen LogP contribution in [0.5, 0.6) is 0 Å². The molecule has 1 N–H and O–H groups in total. The zero-order chi connectivity index (χ0) is 18.6. The molecule has 0 aromatic carbocycles. The second kappa shape index (κ2) is 5.90. The maximum atomic E-state index is 11.9. The van der Waals surface area contributed by atoms with Crippen LogP contribution in [0.25, 0.3) is 22.4 Å². The van der Waals surface area contributed by atoms with Gasteiger partial charge in [0.1, 0.15) is 11.5 Å². The van der Waals surface area contributed by atoms with Crippen LogP contribution in [0.1, 0.15) is 42.2 Å². The van der Waals surface area contributed by atoms with E-state index in [0.29, 0.717) is 6.42 Å². The highest BCUT2D eigenvalue weighted by atomic mass is 32.2. The fourth-order valence-corrected chi connectivity index (χ4v) is 5.50. The number of imidazole rings is 1. The Labute approximate surface area is 152 Å². The summed E-state index contributed by atoms with van der Waals surface area (Å²) < 4.78 is 25.6. The van der Waals surface area contributed by atoms with E-state index in [1.807, 2.05) is 31.5 Å². The van der Waals surface area contributed by atoms with Crippen LogP contribution in [0, 0.1) is 20.8 Å². The summed E-state index contributed by atoms with van der Waals surface area (Å²) in [6, 6.07) is 1.89. The Morgan fingerprint density at radius 2 is 2.04 bits per heavy atom. The van der Waals surface area contributed by atoms with Crippen molar-refractivity contribution in [1.82, 2.24) is 24.7 Å². The number of aromatic nitrogens is 5. The van der Waals surface area contributed by atoms with E-state index in [1.165, 1.54) is 0 Å². The van der Waals surface area contributed by atoms with E-state index in [1.54, 1.807) is 0 Å². The van der Waals surface area contributed by atoms with Gasteiger partial charge in [-0.15, -0.1) is 0 Å². The molecular formula is C18H23N5O2S. The molecule has 1 unspecified atom stereocenters. The van der Waals surface area contributed by atoms with Gasteiger partial charge in [0.15, 0.2) is 15.5 Å². The van der Waals surface area contributed by atoms with E-state index in [4.69, 9.17) is 4.98 Å². The third kappa shape index (κ3) is 2.72. The lowest BCUT2D eigenvalue weighted by atomic mass is 10.1. The van der Waals surface area contributed by atoms with Crippen molar-refractivity contribution in [2.75, 3.05) is 11.5 Å². The lowest BCUT2D eigenvalue weighted by Crippen LogP contribution is -2.13. The lowest BCUT2D eigenvalue weighted by Gasteiger charge is -2.10. The highest BCUT2D eigenvalue weighted by Gasteiger charge is 2.31. The molecule has 138 valence electrons. The fraction of sp³-hybridized carbons (Fsp3) is 0.500. The minimum Gasteiger partial charge on any atom is -0.346 e. The topological polar surface area (TPSA) is 93.5 Å². The van der Waals surface area contributed by atoms with Gasteiger partial charge in [0, 0.05) is 17.5 Å². The third-order valence-corrected chi connectivity index (χ3v) is 6.85. The van der Waals surface area contributed by atoms with Crippen LogP contribution in [-0.4, -0.2) is 44.7 Å². The lowest BCUT2D eigenvalue weighted by molar-refractivity contribution is 0.509. The molecule has 4 heterocycles. The Morgan fingerprint density at radius 1 is 1.27 bits per heavy atom. The summed E-state index contributed by atoms with van der Waals surface area (Å²) >= 11 is 0. The van der Waals surface area contributed by atoms with E-state index in [-0.39, 0.29) is 17.5 Å². The molecule has 1 fully saturated rings. The molecule has 7 nitrogen and oxygen atoms in total. The molecule has 1 atom stereocenters. The van der Waals surface area contributed by atoms with Gasteiger partial charge >= 0.3 is 0 Å². The Kier molecular flexibility index (Phi) is 3.91. The number of nitrogens with zero attached hydrogens (tertiary/aromatic N) is 4. The third-order valence-electron chi connectivity index (χ3n) is 5.10. The number of hydrogen-bond acceptors (Lipinski definition) is 5. The summed E-state index contributed by atoms with van der Waals surface area (Å²) in [5, 5.41) is 5.64. The number of H-pyrrole nitrogens is 1. The second-order valence-corrected chi connectivity index (χ2v) is 9.35. The average molecular weight is 373 g/mol. The highest BCUT2D eigenvalue weighted by molar-refractivity contribution is 7.91. The van der Waals surface area contributed by atoms with Crippen LogP contribution < -0.4 is 0 Å². The second-order valence-electron chi connectivity index (χ2n) is 7.12. The minimum atomic E-state index is -2.99. The van der Waals surface area contributed by atoms with E-state index >= 15 is 0 Å². The Bertz CT molecular complexity index is 1110. The Morgan fingerprint density at radius 3 is 2.65 bits per heavy atom. The number of sulfone groups is 1. The number of rotatable bonds is 3. The van der Waals surface area contributed by atoms with Crippen molar-refractivity contribution in [3.05, 3.63) is 28.8 Å². The van der Waals surface area contributed by atoms with Crippen LogP contribution in [0.2, 0.25) is 0 Å². The first-order chi connectivity index (χ1) is 12.3. The van der Waals surface area contributed by atoms with Gasteiger partial charge in [-0.1, -0.05) is 6.92 Å². The minimum absolute atomic E-state index is 0.135. The summed E-state index contributed by atoms with van der Waals surface area (Å²) in [5.74, 6) is 1.29. The number of hydrogen-bond donors (Lipinski definition) is 1. The Balaban J connectivity index is 1.90. The normalized spacial score (nSPS) is 19.5. The van der Waals surface area contributed by atoms with Crippen molar-refractivity contribution in [3.8, 4) is 11.4 Å². The molecule has 1 aliphatic heterocycles. The maximum Gasteiger partial charge on any atom is 0.159 e. The smallest absolute Gasteiger partial charge is 0.159 e. The van der Waals surface area contributed by atoms with Crippen LogP contribution >= 0.6 is 0 Å². The molecule has 8 heteroatoms. The zero-order valence-corrected chi connectivity index (χ0v) is 16.3. The molecule has 1 saturated heterocycles. The van der Waals surface area contributed by atoms with Crippen molar-refractivity contribution in [3.63, 3.8) is 0 Å². The molecule has 0 bridgehead atoms. The molecule has 0 amide bonds. The number of nitrogens with one attached hydrogen (secondary N) is 1. The largest absolute Gasteiger partial charge is 0.346 e. The summed E-state index contributed by atoms with van der Waals surface area (Å²) in [4.78, 5) is 12.8. The molecule has 3 aromatic rings. The monoisotopic (exact) mass is 373 g/mol. The first-order valence-electron chi connectivity index (χ1n) is 8.92. The van der Waals surface area contributed by atoms with Gasteiger partial charge in [-0.2, -0.15) is 5.10 Å². The average Bonchev–Trinajstić information content (AvgIpc) is 3.22. The molecule has 0 saturated carbocycles. The van der Waals surface area contributed by atoms with E-state index < -0.39 is 9.84 Å². The van der Waals surface area contributed by atoms with Gasteiger partial charge < -0.3 is 4.98 Å². The van der Waals surface area contributed by atoms with E-state index in [2.05, 4.69) is 22.0 Å². The summed E-state index contributed by atoms with van der Waals surface area (Å²) in [6.07, 6.45) is 1.42. The van der Waals surface area contributed by atoms with Crippen molar-refractivity contribution in [1.29, 1.82) is 0 Å². The van der Waals surface area contributed by atoms with Crippen LogP contribution in [0.4, 0.5) is 0 Å². The number of aryl methyl sites for hydroxylation is 4. The maximum absolute atomic E-state index is 11.9. The molecule has 1 aliphatic rings. The van der Waals surface area contributed by atoms with Crippen LogP contribution in [0.15, 0.2) is 6.07 Å². The SMILES string of the molecule is CCc1nc(-c2cc(C)c3c(C)nn(C4CCS(=O)(=O)C4)c3n2)c(C)[nH]1. The Hall–Kier alpha value is -2.22. The van der Waals surface area contributed by atoms with Crippen molar-refractivity contribution < 1.29 is 8.42 Å². The van der Waals surface area contributed by atoms with Crippen LogP contribution in [-0.2, 0) is 16.3 Å². The van der Waals surface area contributed by atoms with Crippen molar-refractivity contribution in [2.24, 2.45) is 0 Å².